The molecule has 0 bridgehead atoms. The summed E-state index contributed by atoms with van der Waals surface area (Å²) in [5.41, 5.74) is 1.22. The SMILES string of the molecule is O=C(c1cccc(Cl)c1)N1CCN(c2ccc3nnnn3n2)CC1. The summed E-state index contributed by atoms with van der Waals surface area (Å²) < 4.78 is 1.40. The topological polar surface area (TPSA) is 79.5 Å². The molecule has 1 aromatic carbocycles. The molecule has 0 atom stereocenters. The Hall–Kier alpha value is -2.74. The number of halogens is 1. The van der Waals surface area contributed by atoms with Gasteiger partial charge in [0, 0.05) is 36.8 Å². The first-order chi connectivity index (χ1) is 11.7. The van der Waals surface area contributed by atoms with Crippen LogP contribution in [0.25, 0.3) is 5.65 Å². The first kappa shape index (κ1) is 14.8. The second-order valence-corrected chi connectivity index (χ2v) is 5.94. The second kappa shape index (κ2) is 6.04. The van der Waals surface area contributed by atoms with Crippen LogP contribution >= 0.6 is 11.6 Å². The zero-order chi connectivity index (χ0) is 16.5. The summed E-state index contributed by atoms with van der Waals surface area (Å²) in [5, 5.41) is 16.2. The van der Waals surface area contributed by atoms with Crippen LogP contribution in [0.5, 0.6) is 0 Å². The van der Waals surface area contributed by atoms with Crippen molar-refractivity contribution in [3.63, 3.8) is 0 Å². The fraction of sp³-hybridized carbons (Fsp3) is 0.267. The molecular formula is C15H14ClN7O. The lowest BCUT2D eigenvalue weighted by atomic mass is 10.2. The number of piperazine rings is 1. The molecule has 0 aliphatic carbocycles. The van der Waals surface area contributed by atoms with E-state index in [0.29, 0.717) is 42.4 Å². The van der Waals surface area contributed by atoms with Gasteiger partial charge in [-0.25, -0.2) is 0 Å². The monoisotopic (exact) mass is 343 g/mol. The van der Waals surface area contributed by atoms with E-state index in [2.05, 4.69) is 25.5 Å². The Labute approximate surface area is 142 Å². The van der Waals surface area contributed by atoms with E-state index >= 15 is 0 Å². The maximum atomic E-state index is 12.5. The average Bonchev–Trinajstić information content (AvgIpc) is 3.09. The van der Waals surface area contributed by atoms with Crippen molar-refractivity contribution in [3.8, 4) is 0 Å². The van der Waals surface area contributed by atoms with Crippen LogP contribution < -0.4 is 4.90 Å². The van der Waals surface area contributed by atoms with Crippen LogP contribution in [0.15, 0.2) is 36.4 Å². The van der Waals surface area contributed by atoms with Gasteiger partial charge in [-0.05, 0) is 40.8 Å². The van der Waals surface area contributed by atoms with Crippen molar-refractivity contribution in [1.82, 2.24) is 30.2 Å². The molecule has 8 nitrogen and oxygen atoms in total. The van der Waals surface area contributed by atoms with Crippen molar-refractivity contribution in [1.29, 1.82) is 0 Å². The summed E-state index contributed by atoms with van der Waals surface area (Å²) in [6, 6.07) is 10.7. The number of carbonyl (C=O) groups is 1. The van der Waals surface area contributed by atoms with Crippen LogP contribution in [-0.2, 0) is 0 Å². The van der Waals surface area contributed by atoms with E-state index in [4.69, 9.17) is 11.6 Å². The van der Waals surface area contributed by atoms with Gasteiger partial charge in [-0.15, -0.1) is 14.8 Å². The van der Waals surface area contributed by atoms with Crippen LogP contribution in [0.3, 0.4) is 0 Å². The quantitative estimate of drug-likeness (QED) is 0.694. The van der Waals surface area contributed by atoms with Crippen molar-refractivity contribution in [2.75, 3.05) is 31.1 Å². The molecule has 122 valence electrons. The highest BCUT2D eigenvalue weighted by molar-refractivity contribution is 6.30. The third-order valence-electron chi connectivity index (χ3n) is 4.02. The molecule has 0 spiro atoms. The molecule has 1 aliphatic heterocycles. The molecule has 0 N–H and O–H groups in total. The summed E-state index contributed by atoms with van der Waals surface area (Å²) in [7, 11) is 0. The van der Waals surface area contributed by atoms with E-state index < -0.39 is 0 Å². The lowest BCUT2D eigenvalue weighted by Crippen LogP contribution is -2.49. The van der Waals surface area contributed by atoms with Gasteiger partial charge in [-0.1, -0.05) is 17.7 Å². The summed E-state index contributed by atoms with van der Waals surface area (Å²) in [6.45, 7) is 2.65. The Bertz CT molecular complexity index is 888. The number of aromatic nitrogens is 5. The van der Waals surface area contributed by atoms with Gasteiger partial charge in [0.05, 0.1) is 0 Å². The minimum atomic E-state index is 0.000961. The zero-order valence-corrected chi connectivity index (χ0v) is 13.5. The molecule has 0 unspecified atom stereocenters. The van der Waals surface area contributed by atoms with E-state index in [-0.39, 0.29) is 5.91 Å². The first-order valence-electron chi connectivity index (χ1n) is 7.56. The Kier molecular flexibility index (Phi) is 3.73. The third kappa shape index (κ3) is 2.76. The first-order valence-corrected chi connectivity index (χ1v) is 7.94. The molecule has 3 aromatic rings. The highest BCUT2D eigenvalue weighted by Crippen LogP contribution is 2.17. The van der Waals surface area contributed by atoms with E-state index in [1.807, 2.05) is 17.0 Å². The van der Waals surface area contributed by atoms with Gasteiger partial charge in [-0.2, -0.15) is 0 Å². The van der Waals surface area contributed by atoms with Gasteiger partial charge in [0.15, 0.2) is 11.5 Å². The van der Waals surface area contributed by atoms with Crippen molar-refractivity contribution < 1.29 is 4.79 Å². The molecule has 9 heteroatoms. The number of anilines is 1. The molecular weight excluding hydrogens is 330 g/mol. The number of hydrogen-bond acceptors (Lipinski definition) is 6. The molecule has 1 fully saturated rings. The summed E-state index contributed by atoms with van der Waals surface area (Å²) >= 11 is 5.96. The predicted octanol–water partition coefficient (Wildman–Crippen LogP) is 1.14. The lowest BCUT2D eigenvalue weighted by Gasteiger charge is -2.35. The average molecular weight is 344 g/mol. The van der Waals surface area contributed by atoms with Gasteiger partial charge >= 0.3 is 0 Å². The molecule has 3 heterocycles. The molecule has 4 rings (SSSR count). The molecule has 0 saturated carbocycles. The smallest absolute Gasteiger partial charge is 0.254 e. The van der Waals surface area contributed by atoms with E-state index in [0.717, 1.165) is 5.82 Å². The summed E-state index contributed by atoms with van der Waals surface area (Å²) in [5.74, 6) is 0.797. The van der Waals surface area contributed by atoms with Gasteiger partial charge in [0.25, 0.3) is 5.91 Å². The van der Waals surface area contributed by atoms with Crippen molar-refractivity contribution in [2.24, 2.45) is 0 Å². The number of rotatable bonds is 2. The Balaban J connectivity index is 1.45. The molecule has 2 aromatic heterocycles. The molecule has 1 amide bonds. The lowest BCUT2D eigenvalue weighted by molar-refractivity contribution is 0.0746. The standard InChI is InChI=1S/C15H14ClN7O/c16-12-3-1-2-11(10-12)15(24)22-8-6-21(7-9-22)14-5-4-13-17-19-20-23(13)18-14/h1-5,10H,6-9H2. The number of tetrazole rings is 1. The van der Waals surface area contributed by atoms with Crippen LogP contribution in [-0.4, -0.2) is 62.2 Å². The summed E-state index contributed by atoms with van der Waals surface area (Å²) in [6.07, 6.45) is 0. The normalized spacial score (nSPS) is 15.0. The van der Waals surface area contributed by atoms with Crippen LogP contribution in [0.2, 0.25) is 5.02 Å². The minimum absolute atomic E-state index is 0.000961. The molecule has 0 radical (unpaired) electrons. The van der Waals surface area contributed by atoms with Crippen molar-refractivity contribution >= 4 is 29.0 Å². The third-order valence-corrected chi connectivity index (χ3v) is 4.25. The van der Waals surface area contributed by atoms with Crippen molar-refractivity contribution in [2.45, 2.75) is 0 Å². The summed E-state index contributed by atoms with van der Waals surface area (Å²) in [4.78, 5) is 16.5. The fourth-order valence-electron chi connectivity index (χ4n) is 2.75. The number of amides is 1. The number of hydrogen-bond donors (Lipinski definition) is 0. The maximum absolute atomic E-state index is 12.5. The Morgan fingerprint density at radius 1 is 1.08 bits per heavy atom. The second-order valence-electron chi connectivity index (χ2n) is 5.51. The van der Waals surface area contributed by atoms with Crippen LogP contribution in [0.1, 0.15) is 10.4 Å². The molecule has 24 heavy (non-hydrogen) atoms. The number of fused-ring (bicyclic) bond motifs is 1. The van der Waals surface area contributed by atoms with Crippen molar-refractivity contribution in [3.05, 3.63) is 47.0 Å². The largest absolute Gasteiger partial charge is 0.352 e. The van der Waals surface area contributed by atoms with E-state index in [1.54, 1.807) is 24.3 Å². The Morgan fingerprint density at radius 3 is 2.71 bits per heavy atom. The van der Waals surface area contributed by atoms with E-state index in [9.17, 15) is 4.79 Å². The van der Waals surface area contributed by atoms with Gasteiger partial charge in [0.2, 0.25) is 0 Å². The molecule has 1 aliphatic rings. The number of nitrogens with zero attached hydrogens (tertiary/aromatic N) is 7. The number of benzene rings is 1. The van der Waals surface area contributed by atoms with Crippen LogP contribution in [0, 0.1) is 0 Å². The van der Waals surface area contributed by atoms with Gasteiger partial charge in [-0.3, -0.25) is 4.79 Å². The van der Waals surface area contributed by atoms with Gasteiger partial charge in [0.1, 0.15) is 0 Å². The molecule has 1 saturated heterocycles. The zero-order valence-electron chi connectivity index (χ0n) is 12.7. The fourth-order valence-corrected chi connectivity index (χ4v) is 2.94. The highest BCUT2D eigenvalue weighted by Gasteiger charge is 2.23. The van der Waals surface area contributed by atoms with Crippen LogP contribution in [0.4, 0.5) is 5.82 Å². The highest BCUT2D eigenvalue weighted by atomic mass is 35.5. The number of carbonyl (C=O) groups excluding carboxylic acids is 1. The predicted molar refractivity (Wildman–Crippen MR) is 88.1 cm³/mol. The van der Waals surface area contributed by atoms with Gasteiger partial charge < -0.3 is 9.80 Å². The maximum Gasteiger partial charge on any atom is 0.254 e. The minimum Gasteiger partial charge on any atom is -0.352 e. The Morgan fingerprint density at radius 2 is 1.92 bits per heavy atom. The van der Waals surface area contributed by atoms with E-state index in [1.165, 1.54) is 4.63 Å².